The van der Waals surface area contributed by atoms with Crippen LogP contribution in [0.1, 0.15) is 18.5 Å². The Morgan fingerprint density at radius 3 is 2.79 bits per heavy atom. The van der Waals surface area contributed by atoms with E-state index in [0.29, 0.717) is 10.2 Å². The minimum atomic E-state index is -0.904. The van der Waals surface area contributed by atoms with Crippen molar-refractivity contribution in [1.29, 1.82) is 0 Å². The van der Waals surface area contributed by atoms with Gasteiger partial charge in [0.15, 0.2) is 0 Å². The van der Waals surface area contributed by atoms with Gasteiger partial charge in [0.2, 0.25) is 5.16 Å². The van der Waals surface area contributed by atoms with E-state index in [2.05, 4.69) is 15.5 Å². The minimum absolute atomic E-state index is 0.0757. The van der Waals surface area contributed by atoms with E-state index in [9.17, 15) is 4.79 Å². The van der Waals surface area contributed by atoms with E-state index in [-0.39, 0.29) is 11.8 Å². The minimum Gasteiger partial charge on any atom is -0.481 e. The monoisotopic (exact) mass is 298 g/mol. The molecule has 100 valence electrons. The van der Waals surface area contributed by atoms with Crippen LogP contribution >= 0.6 is 23.4 Å². The van der Waals surface area contributed by atoms with Crippen LogP contribution in [0.2, 0.25) is 5.02 Å². The lowest BCUT2D eigenvalue weighted by Crippen LogP contribution is -2.11. The normalized spacial score (nSPS) is 12.3. The Bertz CT molecular complexity index is 572. The molecule has 0 fully saturated rings. The summed E-state index contributed by atoms with van der Waals surface area (Å²) in [5.41, 5.74) is 0.994. The first kappa shape index (κ1) is 13.8. The van der Waals surface area contributed by atoms with Crippen molar-refractivity contribution in [1.82, 2.24) is 20.2 Å². The van der Waals surface area contributed by atoms with E-state index in [4.69, 9.17) is 16.7 Å². The molecule has 1 aromatic heterocycles. The van der Waals surface area contributed by atoms with Gasteiger partial charge in [-0.2, -0.15) is 0 Å². The Labute approximate surface area is 118 Å². The van der Waals surface area contributed by atoms with Gasteiger partial charge in [0.05, 0.1) is 11.8 Å². The first-order valence-electron chi connectivity index (χ1n) is 5.46. The van der Waals surface area contributed by atoms with E-state index in [0.717, 1.165) is 17.3 Å². The van der Waals surface area contributed by atoms with Crippen LogP contribution in [0.25, 0.3) is 0 Å². The van der Waals surface area contributed by atoms with Gasteiger partial charge in [0.1, 0.15) is 0 Å². The molecule has 0 spiro atoms. The number of thioether (sulfide) groups is 1. The molecular weight excluding hydrogens is 288 g/mol. The average molecular weight is 299 g/mol. The van der Waals surface area contributed by atoms with Crippen LogP contribution in [0.4, 0.5) is 0 Å². The summed E-state index contributed by atoms with van der Waals surface area (Å²) in [7, 11) is 0. The molecule has 0 saturated carbocycles. The Morgan fingerprint density at radius 1 is 1.47 bits per heavy atom. The summed E-state index contributed by atoms with van der Waals surface area (Å²) in [6.45, 7) is 1.93. The van der Waals surface area contributed by atoms with Crippen molar-refractivity contribution < 1.29 is 9.90 Å². The predicted molar refractivity (Wildman–Crippen MR) is 71.4 cm³/mol. The van der Waals surface area contributed by atoms with Crippen molar-refractivity contribution in [2.24, 2.45) is 0 Å². The molecule has 8 heteroatoms. The van der Waals surface area contributed by atoms with E-state index < -0.39 is 5.97 Å². The fourth-order valence-electron chi connectivity index (χ4n) is 1.53. The molecule has 0 amide bonds. The molecule has 1 heterocycles. The molecule has 2 rings (SSSR count). The summed E-state index contributed by atoms with van der Waals surface area (Å²) >= 11 is 6.93. The molecule has 0 radical (unpaired) electrons. The van der Waals surface area contributed by atoms with Crippen LogP contribution < -0.4 is 0 Å². The van der Waals surface area contributed by atoms with Crippen molar-refractivity contribution >= 4 is 29.3 Å². The van der Waals surface area contributed by atoms with Gasteiger partial charge in [-0.1, -0.05) is 35.5 Å². The Morgan fingerprint density at radius 2 is 2.16 bits per heavy atom. The van der Waals surface area contributed by atoms with Crippen molar-refractivity contribution in [2.75, 3.05) is 5.75 Å². The molecule has 0 aliphatic rings. The molecular formula is C11H11ClN4O2S. The maximum absolute atomic E-state index is 10.6. The van der Waals surface area contributed by atoms with E-state index in [1.165, 1.54) is 0 Å². The number of rotatable bonds is 5. The number of nitrogens with zero attached hydrogens (tertiary/aromatic N) is 4. The summed E-state index contributed by atoms with van der Waals surface area (Å²) in [5.74, 6) is -0.980. The van der Waals surface area contributed by atoms with Gasteiger partial charge in [0, 0.05) is 5.02 Å². The van der Waals surface area contributed by atoms with Gasteiger partial charge in [0.25, 0.3) is 0 Å². The molecule has 1 aromatic carbocycles. The number of hydrogen-bond donors (Lipinski definition) is 1. The van der Waals surface area contributed by atoms with E-state index in [1.807, 2.05) is 19.1 Å². The first-order valence-corrected chi connectivity index (χ1v) is 6.82. The van der Waals surface area contributed by atoms with E-state index in [1.54, 1.807) is 16.8 Å². The molecule has 2 aromatic rings. The number of carbonyl (C=O) groups is 1. The quantitative estimate of drug-likeness (QED) is 0.852. The van der Waals surface area contributed by atoms with Crippen LogP contribution in [0.15, 0.2) is 29.4 Å². The number of carboxylic acids is 1. The lowest BCUT2D eigenvalue weighted by Gasteiger charge is -2.13. The highest BCUT2D eigenvalue weighted by Crippen LogP contribution is 2.23. The molecule has 0 saturated heterocycles. The van der Waals surface area contributed by atoms with Crippen LogP contribution in [0.3, 0.4) is 0 Å². The zero-order chi connectivity index (χ0) is 13.8. The summed E-state index contributed by atoms with van der Waals surface area (Å²) in [6, 6.07) is 7.27. The van der Waals surface area contributed by atoms with Crippen LogP contribution in [0, 0.1) is 0 Å². The second kappa shape index (κ2) is 6.03. The predicted octanol–water partition coefficient (Wildman–Crippen LogP) is 2.11. The Hall–Kier alpha value is -1.60. The fourth-order valence-corrected chi connectivity index (χ4v) is 2.33. The molecule has 1 atom stereocenters. The maximum atomic E-state index is 10.6. The molecule has 6 nitrogen and oxygen atoms in total. The summed E-state index contributed by atoms with van der Waals surface area (Å²) in [6.07, 6.45) is 0. The Kier molecular flexibility index (Phi) is 4.39. The summed E-state index contributed by atoms with van der Waals surface area (Å²) in [4.78, 5) is 10.6. The number of carboxylic acid groups (broad SMARTS) is 1. The molecule has 0 aliphatic carbocycles. The maximum Gasteiger partial charge on any atom is 0.313 e. The standard InChI is InChI=1S/C11H11ClN4O2S/c1-7(8-2-4-9(12)5-3-8)16-11(13-14-15-16)19-6-10(17)18/h2-5,7H,6H2,1H3,(H,17,18). The van der Waals surface area contributed by atoms with Gasteiger partial charge in [-0.05, 0) is 35.0 Å². The first-order chi connectivity index (χ1) is 9.08. The molecule has 0 aliphatic heterocycles. The second-order valence-electron chi connectivity index (χ2n) is 3.82. The van der Waals surface area contributed by atoms with Crippen molar-refractivity contribution in [3.05, 3.63) is 34.9 Å². The average Bonchev–Trinajstić information content (AvgIpc) is 2.84. The molecule has 0 bridgehead atoms. The van der Waals surface area contributed by atoms with Crippen LogP contribution in [-0.2, 0) is 4.79 Å². The van der Waals surface area contributed by atoms with Crippen molar-refractivity contribution in [3.8, 4) is 0 Å². The lowest BCUT2D eigenvalue weighted by atomic mass is 10.1. The highest BCUT2D eigenvalue weighted by molar-refractivity contribution is 7.99. The van der Waals surface area contributed by atoms with Gasteiger partial charge in [-0.25, -0.2) is 4.68 Å². The SMILES string of the molecule is CC(c1ccc(Cl)cc1)n1nnnc1SCC(=O)O. The summed E-state index contributed by atoms with van der Waals surface area (Å²) < 4.78 is 1.59. The van der Waals surface area contributed by atoms with Crippen molar-refractivity contribution in [3.63, 3.8) is 0 Å². The number of benzene rings is 1. The van der Waals surface area contributed by atoms with Crippen LogP contribution in [0.5, 0.6) is 0 Å². The largest absolute Gasteiger partial charge is 0.481 e. The second-order valence-corrected chi connectivity index (χ2v) is 5.19. The third-order valence-electron chi connectivity index (χ3n) is 2.51. The number of tetrazole rings is 1. The number of aliphatic carboxylic acids is 1. The smallest absolute Gasteiger partial charge is 0.313 e. The third kappa shape index (κ3) is 3.45. The zero-order valence-corrected chi connectivity index (χ0v) is 11.6. The highest BCUT2D eigenvalue weighted by Gasteiger charge is 2.16. The molecule has 1 N–H and O–H groups in total. The van der Waals surface area contributed by atoms with Crippen molar-refractivity contribution in [2.45, 2.75) is 18.1 Å². The molecule has 1 unspecified atom stereocenters. The summed E-state index contributed by atoms with van der Waals surface area (Å²) in [5, 5.41) is 21.1. The Balaban J connectivity index is 2.19. The number of halogens is 1. The van der Waals surface area contributed by atoms with E-state index >= 15 is 0 Å². The molecule has 19 heavy (non-hydrogen) atoms. The number of aromatic nitrogens is 4. The highest BCUT2D eigenvalue weighted by atomic mass is 35.5. The van der Waals surface area contributed by atoms with Gasteiger partial charge >= 0.3 is 5.97 Å². The number of hydrogen-bond acceptors (Lipinski definition) is 5. The van der Waals surface area contributed by atoms with Gasteiger partial charge < -0.3 is 5.11 Å². The topological polar surface area (TPSA) is 80.9 Å². The third-order valence-corrected chi connectivity index (χ3v) is 3.68. The zero-order valence-electron chi connectivity index (χ0n) is 10.0. The fraction of sp³-hybridized carbons (Fsp3) is 0.273. The van der Waals surface area contributed by atoms with Gasteiger partial charge in [-0.15, -0.1) is 5.10 Å². The van der Waals surface area contributed by atoms with Crippen LogP contribution in [-0.4, -0.2) is 37.0 Å². The lowest BCUT2D eigenvalue weighted by molar-refractivity contribution is -0.133. The van der Waals surface area contributed by atoms with Gasteiger partial charge in [-0.3, -0.25) is 4.79 Å².